The molecule has 0 unspecified atom stereocenters. The number of benzene rings is 2. The Kier molecular flexibility index (Phi) is 4.02. The second-order valence-electron chi connectivity index (χ2n) is 4.09. The Bertz CT molecular complexity index is 616. The van der Waals surface area contributed by atoms with Gasteiger partial charge in [0.25, 0.3) is 0 Å². The number of rotatable bonds is 3. The van der Waals surface area contributed by atoms with Crippen molar-refractivity contribution in [1.82, 2.24) is 0 Å². The summed E-state index contributed by atoms with van der Waals surface area (Å²) in [4.78, 5) is 11.8. The van der Waals surface area contributed by atoms with Crippen LogP contribution in [0.2, 0.25) is 5.02 Å². The van der Waals surface area contributed by atoms with E-state index in [0.717, 1.165) is 5.56 Å². The molecule has 0 fully saturated rings. The Morgan fingerprint density at radius 1 is 1.26 bits per heavy atom. The molecule has 0 radical (unpaired) electrons. The van der Waals surface area contributed by atoms with Crippen LogP contribution in [0.4, 0.5) is 15.8 Å². The lowest BCUT2D eigenvalue weighted by molar-refractivity contribution is -0.115. The first-order valence-corrected chi connectivity index (χ1v) is 6.02. The van der Waals surface area contributed by atoms with Crippen LogP contribution in [0.25, 0.3) is 0 Å². The lowest BCUT2D eigenvalue weighted by atomic mass is 10.1. The number of carbonyl (C=O) groups is 1. The molecule has 0 aromatic heterocycles. The number of nitrogens with two attached hydrogens (primary N) is 1. The standard InChI is InChI=1S/C14H12ClFN2O/c15-10-3-1-2-9(6-10)7-14(19)18-11-4-5-12(16)13(17)8-11/h1-6,8H,7,17H2,(H,18,19). The SMILES string of the molecule is Nc1cc(NC(=O)Cc2cccc(Cl)c2)ccc1F. The Morgan fingerprint density at radius 2 is 2.05 bits per heavy atom. The van der Waals surface area contributed by atoms with Gasteiger partial charge in [-0.3, -0.25) is 4.79 Å². The molecule has 1 amide bonds. The fourth-order valence-electron chi connectivity index (χ4n) is 1.66. The molecule has 19 heavy (non-hydrogen) atoms. The van der Waals surface area contributed by atoms with Crippen LogP contribution < -0.4 is 11.1 Å². The topological polar surface area (TPSA) is 55.1 Å². The van der Waals surface area contributed by atoms with Crippen molar-refractivity contribution < 1.29 is 9.18 Å². The number of amides is 1. The van der Waals surface area contributed by atoms with Crippen LogP contribution in [0.1, 0.15) is 5.56 Å². The maximum absolute atomic E-state index is 13.0. The zero-order valence-corrected chi connectivity index (χ0v) is 10.7. The van der Waals surface area contributed by atoms with E-state index in [9.17, 15) is 9.18 Å². The summed E-state index contributed by atoms with van der Waals surface area (Å²) in [5.74, 6) is -0.721. The summed E-state index contributed by atoms with van der Waals surface area (Å²) in [6, 6.07) is 11.1. The predicted octanol–water partition coefficient (Wildman–Crippen LogP) is 3.24. The van der Waals surface area contributed by atoms with E-state index in [4.69, 9.17) is 17.3 Å². The molecule has 3 N–H and O–H groups in total. The van der Waals surface area contributed by atoms with Crippen molar-refractivity contribution in [2.75, 3.05) is 11.1 Å². The van der Waals surface area contributed by atoms with E-state index in [1.807, 2.05) is 6.07 Å². The van der Waals surface area contributed by atoms with Gasteiger partial charge in [-0.1, -0.05) is 23.7 Å². The summed E-state index contributed by atoms with van der Waals surface area (Å²) < 4.78 is 13.0. The Hall–Kier alpha value is -2.07. The normalized spacial score (nSPS) is 10.2. The molecule has 2 aromatic rings. The number of nitrogens with one attached hydrogen (secondary N) is 1. The van der Waals surface area contributed by atoms with Gasteiger partial charge in [0, 0.05) is 10.7 Å². The van der Waals surface area contributed by atoms with Gasteiger partial charge in [0.05, 0.1) is 12.1 Å². The van der Waals surface area contributed by atoms with Gasteiger partial charge in [0.2, 0.25) is 5.91 Å². The quantitative estimate of drug-likeness (QED) is 0.847. The number of nitrogen functional groups attached to an aromatic ring is 1. The van der Waals surface area contributed by atoms with Gasteiger partial charge < -0.3 is 11.1 Å². The first-order valence-electron chi connectivity index (χ1n) is 5.64. The first kappa shape index (κ1) is 13.4. The summed E-state index contributed by atoms with van der Waals surface area (Å²) in [5, 5.41) is 3.23. The van der Waals surface area contributed by atoms with Gasteiger partial charge in [-0.05, 0) is 35.9 Å². The smallest absolute Gasteiger partial charge is 0.228 e. The molecule has 3 nitrogen and oxygen atoms in total. The molecule has 2 aromatic carbocycles. The Balaban J connectivity index is 2.03. The van der Waals surface area contributed by atoms with E-state index in [0.29, 0.717) is 10.7 Å². The lowest BCUT2D eigenvalue weighted by Gasteiger charge is -2.06. The van der Waals surface area contributed by atoms with Crippen molar-refractivity contribution in [2.24, 2.45) is 0 Å². The number of anilines is 2. The van der Waals surface area contributed by atoms with Gasteiger partial charge in [-0.15, -0.1) is 0 Å². The summed E-state index contributed by atoms with van der Waals surface area (Å²) >= 11 is 5.84. The van der Waals surface area contributed by atoms with E-state index in [1.54, 1.807) is 18.2 Å². The second-order valence-corrected chi connectivity index (χ2v) is 4.53. The van der Waals surface area contributed by atoms with Crippen LogP contribution in [-0.4, -0.2) is 5.91 Å². The van der Waals surface area contributed by atoms with Crippen LogP contribution in [-0.2, 0) is 11.2 Å². The average molecular weight is 279 g/mol. The molecule has 0 saturated carbocycles. The van der Waals surface area contributed by atoms with Crippen LogP contribution in [0.5, 0.6) is 0 Å². The molecule has 0 aliphatic rings. The van der Waals surface area contributed by atoms with Crippen LogP contribution in [0.15, 0.2) is 42.5 Å². The number of hydrogen-bond acceptors (Lipinski definition) is 2. The van der Waals surface area contributed by atoms with Crippen LogP contribution >= 0.6 is 11.6 Å². The van der Waals surface area contributed by atoms with Gasteiger partial charge in [-0.25, -0.2) is 4.39 Å². The maximum atomic E-state index is 13.0. The van der Waals surface area contributed by atoms with E-state index >= 15 is 0 Å². The summed E-state index contributed by atoms with van der Waals surface area (Å²) in [7, 11) is 0. The largest absolute Gasteiger partial charge is 0.396 e. The molecule has 0 heterocycles. The second kappa shape index (κ2) is 5.71. The van der Waals surface area contributed by atoms with Crippen molar-refractivity contribution in [3.63, 3.8) is 0 Å². The van der Waals surface area contributed by atoms with E-state index in [-0.39, 0.29) is 18.0 Å². The van der Waals surface area contributed by atoms with E-state index in [1.165, 1.54) is 18.2 Å². The molecule has 0 aliphatic heterocycles. The summed E-state index contributed by atoms with van der Waals surface area (Å²) in [6.45, 7) is 0. The molecule has 0 saturated heterocycles. The highest BCUT2D eigenvalue weighted by atomic mass is 35.5. The van der Waals surface area contributed by atoms with Gasteiger partial charge in [0.15, 0.2) is 0 Å². The summed E-state index contributed by atoms with van der Waals surface area (Å²) in [5.41, 5.74) is 6.70. The van der Waals surface area contributed by atoms with Crippen molar-refractivity contribution in [3.05, 3.63) is 58.9 Å². The van der Waals surface area contributed by atoms with E-state index in [2.05, 4.69) is 5.32 Å². The molecule has 5 heteroatoms. The molecule has 0 spiro atoms. The number of hydrogen-bond donors (Lipinski definition) is 2. The third-order valence-corrected chi connectivity index (χ3v) is 2.77. The highest BCUT2D eigenvalue weighted by Gasteiger charge is 2.06. The Morgan fingerprint density at radius 3 is 2.74 bits per heavy atom. The van der Waals surface area contributed by atoms with Crippen LogP contribution in [0, 0.1) is 5.82 Å². The summed E-state index contributed by atoms with van der Waals surface area (Å²) in [6.07, 6.45) is 0.192. The third-order valence-electron chi connectivity index (χ3n) is 2.53. The predicted molar refractivity (Wildman–Crippen MR) is 74.6 cm³/mol. The van der Waals surface area contributed by atoms with Crippen molar-refractivity contribution in [1.29, 1.82) is 0 Å². The average Bonchev–Trinajstić information content (AvgIpc) is 2.34. The fraction of sp³-hybridized carbons (Fsp3) is 0.0714. The molecular weight excluding hydrogens is 267 g/mol. The van der Waals surface area contributed by atoms with Crippen LogP contribution in [0.3, 0.4) is 0 Å². The molecule has 0 atom stereocenters. The van der Waals surface area contributed by atoms with Gasteiger partial charge in [-0.2, -0.15) is 0 Å². The third kappa shape index (κ3) is 3.69. The monoisotopic (exact) mass is 278 g/mol. The minimum absolute atomic E-state index is 0.000514. The van der Waals surface area contributed by atoms with Crippen molar-refractivity contribution in [3.8, 4) is 0 Å². The molecule has 98 valence electrons. The van der Waals surface area contributed by atoms with Crippen molar-refractivity contribution >= 4 is 28.9 Å². The maximum Gasteiger partial charge on any atom is 0.228 e. The fourth-order valence-corrected chi connectivity index (χ4v) is 1.87. The molecular formula is C14H12ClFN2O. The lowest BCUT2D eigenvalue weighted by Crippen LogP contribution is -2.14. The van der Waals surface area contributed by atoms with Gasteiger partial charge >= 0.3 is 0 Å². The zero-order chi connectivity index (χ0) is 13.8. The number of carbonyl (C=O) groups excluding carboxylic acids is 1. The zero-order valence-electron chi connectivity index (χ0n) is 9.99. The highest BCUT2D eigenvalue weighted by Crippen LogP contribution is 2.17. The van der Waals surface area contributed by atoms with E-state index < -0.39 is 5.82 Å². The molecule has 0 aliphatic carbocycles. The van der Waals surface area contributed by atoms with Crippen molar-refractivity contribution in [2.45, 2.75) is 6.42 Å². The van der Waals surface area contributed by atoms with Gasteiger partial charge in [0.1, 0.15) is 5.82 Å². The molecule has 0 bridgehead atoms. The first-order chi connectivity index (χ1) is 9.04. The minimum Gasteiger partial charge on any atom is -0.396 e. The highest BCUT2D eigenvalue weighted by molar-refractivity contribution is 6.30. The molecule has 2 rings (SSSR count). The number of halogens is 2. The minimum atomic E-state index is -0.507. The Labute approximate surface area is 115 Å².